The molecular formula is C33H52ClF2N3O5. The Kier molecular flexibility index (Phi) is 18.3. The molecule has 0 fully saturated rings. The van der Waals surface area contributed by atoms with Gasteiger partial charge in [0.2, 0.25) is 0 Å². The second kappa shape index (κ2) is 19.6. The van der Waals surface area contributed by atoms with Gasteiger partial charge in [-0.25, -0.2) is 18.4 Å². The number of likely N-dealkylation sites (N-methyl/N-ethyl adjacent to an activating group) is 2. The summed E-state index contributed by atoms with van der Waals surface area (Å²) >= 11 is 0. The monoisotopic (exact) mass is 643 g/mol. The number of carbonyl (C=O) groups is 2. The summed E-state index contributed by atoms with van der Waals surface area (Å²) in [6.45, 7) is 13.8. The fraction of sp³-hybridized carbons (Fsp3) is 0.576. The van der Waals surface area contributed by atoms with Crippen molar-refractivity contribution in [2.75, 3.05) is 41.3 Å². The summed E-state index contributed by atoms with van der Waals surface area (Å²) in [6, 6.07) is 10.6. The number of carbonyl (C=O) groups excluding carboxylic acids is 2. The summed E-state index contributed by atoms with van der Waals surface area (Å²) in [5, 5.41) is 3.09. The lowest BCUT2D eigenvalue weighted by Gasteiger charge is -2.20. The molecule has 1 heterocycles. The zero-order chi connectivity index (χ0) is 32.8. The summed E-state index contributed by atoms with van der Waals surface area (Å²) in [7, 11) is 8.35. The minimum Gasteiger partial charge on any atom is -0.428 e. The van der Waals surface area contributed by atoms with Crippen molar-refractivity contribution in [3.05, 3.63) is 70.3 Å². The lowest BCUT2D eigenvalue weighted by atomic mass is 10.1. The van der Waals surface area contributed by atoms with Crippen LogP contribution in [0, 0.1) is 11.6 Å². The van der Waals surface area contributed by atoms with Gasteiger partial charge < -0.3 is 29.3 Å². The molecule has 250 valence electrons. The Bertz CT molecular complexity index is 1080. The van der Waals surface area contributed by atoms with Crippen molar-refractivity contribution >= 4 is 24.7 Å². The molecule has 0 aromatic heterocycles. The Balaban J connectivity index is 0.000000569. The van der Waals surface area contributed by atoms with Crippen molar-refractivity contribution in [2.24, 2.45) is 0 Å². The first-order chi connectivity index (χ1) is 19.9. The van der Waals surface area contributed by atoms with Gasteiger partial charge in [0, 0.05) is 31.7 Å². The van der Waals surface area contributed by atoms with E-state index in [-0.39, 0.29) is 24.0 Å². The highest BCUT2D eigenvalue weighted by molar-refractivity contribution is 5.85. The van der Waals surface area contributed by atoms with Gasteiger partial charge in [-0.05, 0) is 118 Å². The average Bonchev–Trinajstić information content (AvgIpc) is 3.53. The lowest BCUT2D eigenvalue weighted by molar-refractivity contribution is -0.0293. The summed E-state index contributed by atoms with van der Waals surface area (Å²) in [4.78, 5) is 26.4. The number of nitrogens with one attached hydrogen (secondary N) is 1. The van der Waals surface area contributed by atoms with Crippen molar-refractivity contribution < 1.29 is 32.6 Å². The van der Waals surface area contributed by atoms with Gasteiger partial charge in [0.05, 0.1) is 0 Å². The SMILES string of the molecule is CC(C)(C)OC(=O)OC(=O)OC(C)(C)C.CN(C)CCN(C)C.Cl.Fc1cccc2c1CCC2.Fc1cccc2c1CNC2. The van der Waals surface area contributed by atoms with Crippen molar-refractivity contribution in [1.82, 2.24) is 15.1 Å². The highest BCUT2D eigenvalue weighted by atomic mass is 35.5. The summed E-state index contributed by atoms with van der Waals surface area (Å²) in [6.07, 6.45) is 0.999. The maximum Gasteiger partial charge on any atom is 0.519 e. The summed E-state index contributed by atoms with van der Waals surface area (Å²) in [5.74, 6) is -0.0995. The van der Waals surface area contributed by atoms with Crippen LogP contribution >= 0.6 is 12.4 Å². The van der Waals surface area contributed by atoms with Gasteiger partial charge in [0.25, 0.3) is 0 Å². The predicted octanol–water partition coefficient (Wildman–Crippen LogP) is 7.15. The summed E-state index contributed by atoms with van der Waals surface area (Å²) < 4.78 is 39.5. The molecule has 8 nitrogen and oxygen atoms in total. The molecule has 0 saturated heterocycles. The lowest BCUT2D eigenvalue weighted by Crippen LogP contribution is -2.29. The van der Waals surface area contributed by atoms with Gasteiger partial charge in [-0.2, -0.15) is 0 Å². The van der Waals surface area contributed by atoms with Gasteiger partial charge in [-0.1, -0.05) is 24.3 Å². The summed E-state index contributed by atoms with van der Waals surface area (Å²) in [5.41, 5.74) is 2.70. The van der Waals surface area contributed by atoms with Crippen LogP contribution in [0.25, 0.3) is 0 Å². The van der Waals surface area contributed by atoms with E-state index in [2.05, 4.69) is 48.0 Å². The predicted molar refractivity (Wildman–Crippen MR) is 173 cm³/mol. The molecule has 1 aliphatic carbocycles. The van der Waals surface area contributed by atoms with Crippen molar-refractivity contribution in [2.45, 2.75) is 85.1 Å². The average molecular weight is 644 g/mol. The maximum atomic E-state index is 12.9. The Hall–Kier alpha value is -2.79. The van der Waals surface area contributed by atoms with E-state index in [4.69, 9.17) is 9.47 Å². The number of fused-ring (bicyclic) bond motifs is 2. The largest absolute Gasteiger partial charge is 0.519 e. The molecule has 44 heavy (non-hydrogen) atoms. The molecule has 2 aromatic rings. The van der Waals surface area contributed by atoms with E-state index in [0.717, 1.165) is 55.6 Å². The van der Waals surface area contributed by atoms with Gasteiger partial charge in [-0.3, -0.25) is 0 Å². The fourth-order valence-electron chi connectivity index (χ4n) is 3.87. The Morgan fingerprint density at radius 1 is 0.727 bits per heavy atom. The highest BCUT2D eigenvalue weighted by Crippen LogP contribution is 2.23. The normalized spacial score (nSPS) is 13.0. The van der Waals surface area contributed by atoms with E-state index in [1.807, 2.05) is 12.1 Å². The molecule has 0 amide bonds. The molecule has 0 unspecified atom stereocenters. The van der Waals surface area contributed by atoms with Crippen molar-refractivity contribution in [3.63, 3.8) is 0 Å². The second-order valence-electron chi connectivity index (χ2n) is 12.8. The fourth-order valence-corrected chi connectivity index (χ4v) is 3.87. The van der Waals surface area contributed by atoms with Crippen molar-refractivity contribution in [1.29, 1.82) is 0 Å². The Morgan fingerprint density at radius 2 is 1.18 bits per heavy atom. The molecule has 1 N–H and O–H groups in total. The van der Waals surface area contributed by atoms with Gasteiger partial charge >= 0.3 is 12.3 Å². The zero-order valence-electron chi connectivity index (χ0n) is 28.0. The quantitative estimate of drug-likeness (QED) is 0.279. The molecule has 0 spiro atoms. The van der Waals surface area contributed by atoms with Crippen molar-refractivity contribution in [3.8, 4) is 0 Å². The third kappa shape index (κ3) is 18.1. The van der Waals surface area contributed by atoms with Crippen LogP contribution in [-0.4, -0.2) is 74.6 Å². The number of rotatable bonds is 3. The topological polar surface area (TPSA) is 80.3 Å². The number of hydrogen-bond donors (Lipinski definition) is 1. The Morgan fingerprint density at radius 3 is 1.59 bits per heavy atom. The molecule has 2 aromatic carbocycles. The number of benzene rings is 2. The van der Waals surface area contributed by atoms with Crippen LogP contribution in [0.15, 0.2) is 36.4 Å². The van der Waals surface area contributed by atoms with Crippen LogP contribution in [0.2, 0.25) is 0 Å². The van der Waals surface area contributed by atoms with E-state index in [9.17, 15) is 18.4 Å². The molecule has 1 aliphatic heterocycles. The molecule has 0 saturated carbocycles. The van der Waals surface area contributed by atoms with E-state index in [1.165, 1.54) is 11.6 Å². The third-order valence-electron chi connectivity index (χ3n) is 5.86. The minimum atomic E-state index is -1.06. The molecule has 0 atom stereocenters. The third-order valence-corrected chi connectivity index (χ3v) is 5.86. The highest BCUT2D eigenvalue weighted by Gasteiger charge is 2.24. The van der Waals surface area contributed by atoms with Crippen LogP contribution in [-0.2, 0) is 40.1 Å². The number of hydrogen-bond acceptors (Lipinski definition) is 8. The molecule has 4 rings (SSSR count). The van der Waals surface area contributed by atoms with E-state index in [1.54, 1.807) is 59.7 Å². The van der Waals surface area contributed by atoms with Crippen LogP contribution in [0.5, 0.6) is 0 Å². The molecular weight excluding hydrogens is 592 g/mol. The first kappa shape index (κ1) is 41.2. The maximum absolute atomic E-state index is 12.9. The number of aryl methyl sites for hydroxylation is 1. The Labute approximate surface area is 268 Å². The van der Waals surface area contributed by atoms with Gasteiger partial charge in [0.15, 0.2) is 0 Å². The minimum absolute atomic E-state index is 0. The molecule has 11 heteroatoms. The standard InChI is InChI=1S/C10H18O5.C9H9F.C8H8FN.C6H16N2.ClH/c1-9(2,3)14-7(11)13-8(12)15-10(4,5)6;10-9-6-2-4-7-3-1-5-8(7)9;9-8-3-1-2-6-4-10-5-7(6)8;1-7(2)5-6-8(3)4;/h1-6H3;2,4,6H,1,3,5H2;1-3,10H,4-5H2;5-6H2,1-4H3;1H. The first-order valence-corrected chi connectivity index (χ1v) is 14.5. The van der Waals surface area contributed by atoms with Crippen LogP contribution in [0.4, 0.5) is 18.4 Å². The van der Waals surface area contributed by atoms with Crippen LogP contribution in [0.3, 0.4) is 0 Å². The molecule has 2 aliphatic rings. The number of ether oxygens (including phenoxy) is 3. The van der Waals surface area contributed by atoms with Crippen LogP contribution in [0.1, 0.15) is 70.2 Å². The molecule has 0 bridgehead atoms. The number of halogens is 3. The van der Waals surface area contributed by atoms with E-state index in [0.29, 0.717) is 6.54 Å². The smallest absolute Gasteiger partial charge is 0.428 e. The zero-order valence-corrected chi connectivity index (χ0v) is 28.8. The van der Waals surface area contributed by atoms with Gasteiger partial charge in [-0.15, -0.1) is 12.4 Å². The number of nitrogens with zero attached hydrogens (tertiary/aromatic N) is 2. The second-order valence-corrected chi connectivity index (χ2v) is 12.8. The molecule has 0 radical (unpaired) electrons. The first-order valence-electron chi connectivity index (χ1n) is 14.5. The van der Waals surface area contributed by atoms with Crippen LogP contribution < -0.4 is 5.32 Å². The van der Waals surface area contributed by atoms with E-state index < -0.39 is 23.5 Å². The van der Waals surface area contributed by atoms with E-state index >= 15 is 0 Å². The van der Waals surface area contributed by atoms with Gasteiger partial charge in [0.1, 0.15) is 22.8 Å².